The van der Waals surface area contributed by atoms with Crippen molar-refractivity contribution in [2.45, 2.75) is 44.6 Å². The number of rotatable bonds is 1. The third kappa shape index (κ3) is 4.02. The van der Waals surface area contributed by atoms with Gasteiger partial charge in [0.15, 0.2) is 0 Å². The maximum atomic E-state index is 12.2. The quantitative estimate of drug-likeness (QED) is 0.631. The van der Waals surface area contributed by atoms with Crippen molar-refractivity contribution in [1.29, 1.82) is 0 Å². The van der Waals surface area contributed by atoms with Crippen LogP contribution in [0.5, 0.6) is 0 Å². The fourth-order valence-electron chi connectivity index (χ4n) is 2.33. The van der Waals surface area contributed by atoms with Crippen LogP contribution < -0.4 is 5.32 Å². The lowest BCUT2D eigenvalue weighted by Crippen LogP contribution is -2.36. The number of aldehydes is 1. The van der Waals surface area contributed by atoms with Crippen molar-refractivity contribution in [1.82, 2.24) is 10.3 Å². The largest absolute Gasteiger partial charge is 0.342 e. The van der Waals surface area contributed by atoms with Crippen LogP contribution in [0.3, 0.4) is 0 Å². The van der Waals surface area contributed by atoms with Crippen LogP contribution in [-0.4, -0.2) is 23.2 Å². The highest BCUT2D eigenvalue weighted by molar-refractivity contribution is 5.96. The number of hydrogen-bond acceptors (Lipinski definition) is 3. The number of hydrogen-bond donors (Lipinski definition) is 1. The minimum atomic E-state index is -0.465. The van der Waals surface area contributed by atoms with Crippen LogP contribution in [0.15, 0.2) is 30.5 Å². The lowest BCUT2D eigenvalue weighted by Gasteiger charge is -2.12. The van der Waals surface area contributed by atoms with Crippen LogP contribution in [0.25, 0.3) is 0 Å². The molecule has 2 heterocycles. The van der Waals surface area contributed by atoms with E-state index in [1.54, 1.807) is 18.3 Å². The highest BCUT2D eigenvalue weighted by atomic mass is 16.2. The molecule has 0 aromatic carbocycles. The minimum Gasteiger partial charge on any atom is -0.342 e. The SMILES string of the molecule is O=C[C@@H]1CC=CCCCCCc2ncccc2C(=O)N1. The van der Waals surface area contributed by atoms with Gasteiger partial charge >= 0.3 is 0 Å². The van der Waals surface area contributed by atoms with E-state index >= 15 is 0 Å². The Morgan fingerprint density at radius 1 is 1.25 bits per heavy atom. The molecule has 0 spiro atoms. The zero-order valence-corrected chi connectivity index (χ0v) is 11.5. The Morgan fingerprint density at radius 3 is 3.00 bits per heavy atom. The molecule has 0 saturated carbocycles. The predicted molar refractivity (Wildman–Crippen MR) is 77.5 cm³/mol. The smallest absolute Gasteiger partial charge is 0.253 e. The molecular weight excluding hydrogens is 252 g/mol. The summed E-state index contributed by atoms with van der Waals surface area (Å²) in [4.78, 5) is 27.6. The summed E-state index contributed by atoms with van der Waals surface area (Å²) in [6.45, 7) is 0. The Hall–Kier alpha value is -1.97. The van der Waals surface area contributed by atoms with Crippen LogP contribution in [-0.2, 0) is 11.2 Å². The van der Waals surface area contributed by atoms with Crippen molar-refractivity contribution < 1.29 is 9.59 Å². The highest BCUT2D eigenvalue weighted by Gasteiger charge is 2.15. The van der Waals surface area contributed by atoms with Crippen molar-refractivity contribution >= 4 is 12.2 Å². The van der Waals surface area contributed by atoms with Crippen LogP contribution in [0, 0.1) is 0 Å². The lowest BCUT2D eigenvalue weighted by molar-refractivity contribution is -0.109. The standard InChI is InChI=1S/C16H20N2O2/c19-12-13-8-5-3-1-2-4-6-10-15-14(16(20)18-13)9-7-11-17-15/h3,5,7,9,11-13H,1-2,4,6,8,10H2,(H,18,20)/t13-/m0/s1. The average molecular weight is 272 g/mol. The Bertz CT molecular complexity index is 497. The third-order valence-electron chi connectivity index (χ3n) is 3.46. The van der Waals surface area contributed by atoms with Crippen molar-refractivity contribution in [2.75, 3.05) is 0 Å². The number of nitrogens with one attached hydrogen (secondary N) is 1. The van der Waals surface area contributed by atoms with Gasteiger partial charge in [-0.3, -0.25) is 9.78 Å². The first-order chi connectivity index (χ1) is 9.81. The number of fused-ring (bicyclic) bond motifs is 1. The molecule has 4 heteroatoms. The Morgan fingerprint density at radius 2 is 2.15 bits per heavy atom. The molecule has 0 bridgehead atoms. The topological polar surface area (TPSA) is 59.1 Å². The van der Waals surface area contributed by atoms with Gasteiger partial charge in [-0.05, 0) is 44.2 Å². The number of carbonyl (C=O) groups excluding carboxylic acids is 2. The molecule has 1 aliphatic rings. The number of carbonyl (C=O) groups is 2. The maximum absolute atomic E-state index is 12.2. The Kier molecular flexibility index (Phi) is 5.47. The van der Waals surface area contributed by atoms with Gasteiger partial charge in [-0.25, -0.2) is 0 Å². The molecule has 0 fully saturated rings. The summed E-state index contributed by atoms with van der Waals surface area (Å²) in [7, 11) is 0. The van der Waals surface area contributed by atoms with Gasteiger partial charge in [0, 0.05) is 6.20 Å². The van der Waals surface area contributed by atoms with Gasteiger partial charge in [-0.2, -0.15) is 0 Å². The molecule has 106 valence electrons. The van der Waals surface area contributed by atoms with Gasteiger partial charge < -0.3 is 10.1 Å². The van der Waals surface area contributed by atoms with E-state index in [9.17, 15) is 9.59 Å². The summed E-state index contributed by atoms with van der Waals surface area (Å²) in [5, 5.41) is 2.76. The molecule has 1 aromatic heterocycles. The molecule has 2 rings (SSSR count). The normalized spacial score (nSPS) is 20.8. The second kappa shape index (κ2) is 7.58. The van der Waals surface area contributed by atoms with Gasteiger partial charge in [-0.1, -0.05) is 18.6 Å². The third-order valence-corrected chi connectivity index (χ3v) is 3.46. The lowest BCUT2D eigenvalue weighted by atomic mass is 10.1. The molecule has 0 saturated heterocycles. The first-order valence-corrected chi connectivity index (χ1v) is 7.16. The molecule has 0 unspecified atom stereocenters. The fourth-order valence-corrected chi connectivity index (χ4v) is 2.33. The van der Waals surface area contributed by atoms with E-state index in [2.05, 4.69) is 16.4 Å². The van der Waals surface area contributed by atoms with Crippen LogP contribution in [0.2, 0.25) is 0 Å². The van der Waals surface area contributed by atoms with E-state index in [-0.39, 0.29) is 5.91 Å². The van der Waals surface area contributed by atoms with Crippen molar-refractivity contribution in [3.63, 3.8) is 0 Å². The predicted octanol–water partition coefficient (Wildman–Crippen LogP) is 2.44. The molecule has 1 aliphatic heterocycles. The number of amides is 1. The average Bonchev–Trinajstić information content (AvgIpc) is 2.49. The van der Waals surface area contributed by atoms with Crippen molar-refractivity contribution in [3.8, 4) is 0 Å². The number of nitrogens with zero attached hydrogens (tertiary/aromatic N) is 1. The highest BCUT2D eigenvalue weighted by Crippen LogP contribution is 2.12. The summed E-state index contributed by atoms with van der Waals surface area (Å²) in [5.41, 5.74) is 1.41. The van der Waals surface area contributed by atoms with Gasteiger partial charge in [0.05, 0.1) is 17.3 Å². The number of aromatic nitrogens is 1. The molecular formula is C16H20N2O2. The van der Waals surface area contributed by atoms with E-state index in [1.807, 2.05) is 6.08 Å². The van der Waals surface area contributed by atoms with Crippen LogP contribution in [0.4, 0.5) is 0 Å². The van der Waals surface area contributed by atoms with Crippen LogP contribution >= 0.6 is 0 Å². The minimum absolute atomic E-state index is 0.210. The Labute approximate surface area is 119 Å². The Balaban J connectivity index is 2.20. The number of pyridine rings is 1. The van der Waals surface area contributed by atoms with Gasteiger partial charge in [-0.15, -0.1) is 0 Å². The molecule has 0 aliphatic carbocycles. The number of aryl methyl sites for hydroxylation is 1. The molecule has 1 amide bonds. The van der Waals surface area contributed by atoms with E-state index in [1.165, 1.54) is 0 Å². The summed E-state index contributed by atoms with van der Waals surface area (Å²) in [6, 6.07) is 3.06. The molecule has 0 radical (unpaired) electrons. The summed E-state index contributed by atoms with van der Waals surface area (Å²) in [6.07, 6.45) is 12.2. The van der Waals surface area contributed by atoms with Gasteiger partial charge in [0.25, 0.3) is 5.91 Å². The zero-order valence-electron chi connectivity index (χ0n) is 11.5. The molecule has 1 atom stereocenters. The van der Waals surface area contributed by atoms with Crippen molar-refractivity contribution in [3.05, 3.63) is 41.7 Å². The fraction of sp³-hybridized carbons (Fsp3) is 0.438. The molecule has 1 aromatic rings. The van der Waals surface area contributed by atoms with E-state index in [0.717, 1.165) is 44.1 Å². The monoisotopic (exact) mass is 272 g/mol. The first kappa shape index (κ1) is 14.4. The van der Waals surface area contributed by atoms with Gasteiger partial charge in [0.2, 0.25) is 0 Å². The number of allylic oxidation sites excluding steroid dienone is 1. The van der Waals surface area contributed by atoms with E-state index < -0.39 is 6.04 Å². The van der Waals surface area contributed by atoms with Gasteiger partial charge in [0.1, 0.15) is 6.29 Å². The van der Waals surface area contributed by atoms with Crippen molar-refractivity contribution in [2.24, 2.45) is 0 Å². The summed E-state index contributed by atoms with van der Waals surface area (Å²) in [5.74, 6) is -0.210. The van der Waals surface area contributed by atoms with E-state index in [0.29, 0.717) is 12.0 Å². The summed E-state index contributed by atoms with van der Waals surface area (Å²) < 4.78 is 0. The molecule has 20 heavy (non-hydrogen) atoms. The van der Waals surface area contributed by atoms with E-state index in [4.69, 9.17) is 0 Å². The second-order valence-corrected chi connectivity index (χ2v) is 5.02. The molecule has 4 nitrogen and oxygen atoms in total. The zero-order chi connectivity index (χ0) is 14.2. The second-order valence-electron chi connectivity index (χ2n) is 5.02. The van der Waals surface area contributed by atoms with Crippen LogP contribution in [0.1, 0.15) is 48.2 Å². The summed E-state index contributed by atoms with van der Waals surface area (Å²) >= 11 is 0. The first-order valence-electron chi connectivity index (χ1n) is 7.16. The molecule has 1 N–H and O–H groups in total. The maximum Gasteiger partial charge on any atom is 0.253 e.